The molecule has 0 saturated carbocycles. The number of nitrogens with zero attached hydrogens (tertiary/aromatic N) is 6. The first-order valence-electron chi connectivity index (χ1n) is 26.2. The first-order valence-corrected chi connectivity index (χ1v) is 26.2. The van der Waals surface area contributed by atoms with E-state index in [1.807, 2.05) is 54.4 Å². The quantitative estimate of drug-likeness (QED) is 0.0556. The van der Waals surface area contributed by atoms with Gasteiger partial charge in [0.05, 0.1) is 5.52 Å². The van der Waals surface area contributed by atoms with Crippen molar-refractivity contribution in [1.29, 1.82) is 0 Å². The van der Waals surface area contributed by atoms with Gasteiger partial charge >= 0.3 is 12.0 Å². The molecule has 0 aliphatic carbocycles. The Morgan fingerprint density at radius 3 is 2.07 bits per heavy atom. The van der Waals surface area contributed by atoms with Gasteiger partial charge in [-0.15, -0.1) is 0 Å². The van der Waals surface area contributed by atoms with E-state index >= 15 is 0 Å². The average molecular weight is 921 g/mol. The van der Waals surface area contributed by atoms with E-state index in [1.165, 1.54) is 70.6 Å². The van der Waals surface area contributed by atoms with Crippen LogP contribution in [-0.4, -0.2) is 124 Å². The van der Waals surface area contributed by atoms with Gasteiger partial charge in [-0.25, -0.2) is 9.48 Å². The molecule has 0 spiro atoms. The first-order chi connectivity index (χ1) is 32.6. The minimum atomic E-state index is -0.758. The number of aryl methyl sites for hydroxylation is 1. The maximum atomic E-state index is 14.5. The minimum absolute atomic E-state index is 0.0451. The second-order valence-corrected chi connectivity index (χ2v) is 20.0. The molecule has 0 bridgehead atoms. The van der Waals surface area contributed by atoms with E-state index in [-0.39, 0.29) is 36.1 Å². The molecule has 5 heterocycles. The number of esters is 1. The molecular weight excluding hydrogens is 841 g/mol. The van der Waals surface area contributed by atoms with Crippen LogP contribution in [-0.2, 0) is 27.5 Å². The molecule has 3 amide bonds. The van der Waals surface area contributed by atoms with E-state index in [9.17, 15) is 19.2 Å². The summed E-state index contributed by atoms with van der Waals surface area (Å²) in [6.07, 6.45) is 24.1. The Kier molecular flexibility index (Phi) is 19.1. The van der Waals surface area contributed by atoms with Gasteiger partial charge in [-0.05, 0) is 99.8 Å². The summed E-state index contributed by atoms with van der Waals surface area (Å²) in [4.78, 5) is 66.0. The number of piperidine rings is 2. The van der Waals surface area contributed by atoms with Crippen LogP contribution in [0.15, 0.2) is 53.5 Å². The van der Waals surface area contributed by atoms with Crippen molar-refractivity contribution >= 4 is 39.7 Å². The zero-order chi connectivity index (χ0) is 47.0. The number of hydrogen-bond donors (Lipinski definition) is 2. The normalized spacial score (nSPS) is 17.4. The number of unbranched alkanes of at least 4 members (excludes halogenated alkanes) is 13. The van der Waals surface area contributed by atoms with Gasteiger partial charge in [0.15, 0.2) is 6.73 Å². The van der Waals surface area contributed by atoms with Crippen molar-refractivity contribution in [2.75, 3.05) is 59.4 Å². The fraction of sp³-hybridized carbons (Fsp3) is 0.648. The lowest BCUT2D eigenvalue weighted by atomic mass is 9.89. The minimum Gasteiger partial charge on any atom is -0.442 e. The number of carbonyl (C=O) groups is 3. The lowest BCUT2D eigenvalue weighted by Crippen LogP contribution is -2.59. The van der Waals surface area contributed by atoms with Gasteiger partial charge in [-0.1, -0.05) is 115 Å². The number of ether oxygens (including phenoxy) is 1. The molecule has 3 fully saturated rings. The zero-order valence-electron chi connectivity index (χ0n) is 41.1. The van der Waals surface area contributed by atoms with E-state index in [1.54, 1.807) is 9.58 Å². The van der Waals surface area contributed by atoms with Crippen LogP contribution in [0.25, 0.3) is 21.8 Å². The number of urea groups is 1. The summed E-state index contributed by atoms with van der Waals surface area (Å²) in [5.74, 6) is -0.219. The number of hydrogen-bond acceptors (Lipinski definition) is 8. The average Bonchev–Trinajstić information content (AvgIpc) is 3.77. The Hall–Kier alpha value is -4.75. The van der Waals surface area contributed by atoms with Gasteiger partial charge in [0.25, 0.3) is 5.56 Å². The fourth-order valence-electron chi connectivity index (χ4n) is 10.7. The highest BCUT2D eigenvalue weighted by atomic mass is 16.5. The van der Waals surface area contributed by atoms with Crippen molar-refractivity contribution < 1.29 is 19.1 Å². The van der Waals surface area contributed by atoms with Crippen LogP contribution in [0.4, 0.5) is 4.79 Å². The van der Waals surface area contributed by atoms with E-state index in [0.29, 0.717) is 57.9 Å². The molecule has 13 nitrogen and oxygen atoms in total. The zero-order valence-corrected chi connectivity index (χ0v) is 41.1. The molecule has 7 rings (SSSR count). The van der Waals surface area contributed by atoms with Crippen LogP contribution in [0.1, 0.15) is 152 Å². The number of piperazine rings is 1. The van der Waals surface area contributed by atoms with Gasteiger partial charge in [0.2, 0.25) is 5.91 Å². The second kappa shape index (κ2) is 25.6. The van der Waals surface area contributed by atoms with Crippen molar-refractivity contribution in [2.45, 2.75) is 167 Å². The predicted octanol–water partition coefficient (Wildman–Crippen LogP) is 9.30. The summed E-state index contributed by atoms with van der Waals surface area (Å²) in [5, 5.41) is 9.83. The largest absolute Gasteiger partial charge is 0.442 e. The SMILES string of the molecule is CCCCCCCCCCCCCCCCC(=O)OCn1cc2cc(C[C@@H](NC(=O)N3CCC(c4cc5ccccc5[nH]c4=O)CC3)C(=O)N3CCN(C4CCN(C)CC4)CC3)cc(C)c2n1. The van der Waals surface area contributed by atoms with Crippen molar-refractivity contribution in [3.63, 3.8) is 0 Å². The standard InChI is InChI=1S/C54H80N8O5/c1-4-5-6-7-8-9-10-11-12-13-14-15-16-17-22-50(63)67-40-62-39-45-36-42(35-41(2)51(45)57-62)37-49(53(65)60-33-31-59(32-34-60)46-25-27-58(3)28-26-46)56-54(66)61-29-23-43(24-30-61)47-38-44-20-18-19-21-48(44)55-52(47)64/h18-21,35-36,38-39,43,46,49H,4-17,22-34,37,40H2,1-3H3,(H,55,64)(H,56,66)/t49-/m1/s1. The van der Waals surface area contributed by atoms with Gasteiger partial charge in [0, 0.05) is 80.8 Å². The van der Waals surface area contributed by atoms with Gasteiger partial charge in [-0.2, -0.15) is 5.10 Å². The molecular formula is C54H80N8O5. The number of nitrogens with one attached hydrogen (secondary N) is 2. The van der Waals surface area contributed by atoms with Crippen molar-refractivity contribution in [3.05, 3.63) is 75.7 Å². The summed E-state index contributed by atoms with van der Waals surface area (Å²) in [7, 11) is 2.18. The molecule has 67 heavy (non-hydrogen) atoms. The van der Waals surface area contributed by atoms with E-state index in [0.717, 1.165) is 96.8 Å². The molecule has 366 valence electrons. The van der Waals surface area contributed by atoms with Crippen molar-refractivity contribution in [1.82, 2.24) is 39.7 Å². The Morgan fingerprint density at radius 1 is 0.761 bits per heavy atom. The molecule has 0 unspecified atom stereocenters. The highest BCUT2D eigenvalue weighted by Crippen LogP contribution is 2.28. The smallest absolute Gasteiger partial charge is 0.318 e. The maximum absolute atomic E-state index is 14.5. The Labute approximate surface area is 399 Å². The number of aromatic amines is 1. The number of pyridine rings is 1. The summed E-state index contributed by atoms with van der Waals surface area (Å²) in [6.45, 7) is 10.4. The summed E-state index contributed by atoms with van der Waals surface area (Å²) < 4.78 is 7.32. The maximum Gasteiger partial charge on any atom is 0.318 e. The van der Waals surface area contributed by atoms with Gasteiger partial charge < -0.3 is 29.7 Å². The number of aromatic nitrogens is 3. The molecule has 0 radical (unpaired) electrons. The number of likely N-dealkylation sites (tertiary alicyclic amines) is 2. The van der Waals surface area contributed by atoms with Crippen LogP contribution in [0.2, 0.25) is 0 Å². The third-order valence-corrected chi connectivity index (χ3v) is 14.9. The molecule has 1 atom stereocenters. The first kappa shape index (κ1) is 50.1. The number of H-pyrrole nitrogens is 1. The third-order valence-electron chi connectivity index (χ3n) is 14.9. The number of para-hydroxylation sites is 1. The highest BCUT2D eigenvalue weighted by molar-refractivity contribution is 5.88. The van der Waals surface area contributed by atoms with Crippen LogP contribution < -0.4 is 10.9 Å². The second-order valence-electron chi connectivity index (χ2n) is 20.0. The Balaban J connectivity index is 0.909. The third kappa shape index (κ3) is 14.6. The molecule has 4 aromatic rings. The lowest BCUT2D eigenvalue weighted by Gasteiger charge is -2.43. The van der Waals surface area contributed by atoms with Crippen LogP contribution in [0.5, 0.6) is 0 Å². The van der Waals surface area contributed by atoms with Crippen LogP contribution in [0, 0.1) is 6.92 Å². The van der Waals surface area contributed by atoms with E-state index in [4.69, 9.17) is 9.84 Å². The summed E-state index contributed by atoms with van der Waals surface area (Å²) in [5.41, 5.74) is 4.21. The molecule has 2 aromatic heterocycles. The van der Waals surface area contributed by atoms with E-state index < -0.39 is 6.04 Å². The topological polar surface area (TPSA) is 136 Å². The molecule has 3 aliphatic rings. The number of rotatable bonds is 23. The van der Waals surface area contributed by atoms with Crippen molar-refractivity contribution in [3.8, 4) is 0 Å². The number of fused-ring (bicyclic) bond motifs is 2. The molecule has 3 saturated heterocycles. The summed E-state index contributed by atoms with van der Waals surface area (Å²) in [6, 6.07) is 13.4. The monoisotopic (exact) mass is 921 g/mol. The number of benzene rings is 2. The lowest BCUT2D eigenvalue weighted by molar-refractivity contribution is -0.148. The number of amides is 3. The van der Waals surface area contributed by atoms with Gasteiger partial charge in [0.1, 0.15) is 6.04 Å². The fourth-order valence-corrected chi connectivity index (χ4v) is 10.7. The Bertz CT molecular complexity index is 2250. The molecule has 2 aromatic carbocycles. The van der Waals surface area contributed by atoms with Crippen LogP contribution >= 0.6 is 0 Å². The predicted molar refractivity (Wildman–Crippen MR) is 268 cm³/mol. The Morgan fingerprint density at radius 2 is 1.40 bits per heavy atom. The molecule has 13 heteroatoms. The van der Waals surface area contributed by atoms with Crippen molar-refractivity contribution in [2.24, 2.45) is 0 Å². The van der Waals surface area contributed by atoms with Crippen LogP contribution in [0.3, 0.4) is 0 Å². The van der Waals surface area contributed by atoms with E-state index in [2.05, 4.69) is 40.1 Å². The highest BCUT2D eigenvalue weighted by Gasteiger charge is 2.34. The molecule has 3 aliphatic heterocycles. The molecule has 2 N–H and O–H groups in total. The summed E-state index contributed by atoms with van der Waals surface area (Å²) >= 11 is 0. The van der Waals surface area contributed by atoms with Gasteiger partial charge in [-0.3, -0.25) is 19.3 Å². The number of carbonyl (C=O) groups excluding carboxylic acids is 3.